The van der Waals surface area contributed by atoms with Gasteiger partial charge in [0.25, 0.3) is 0 Å². The first kappa shape index (κ1) is 13.4. The number of carboxylic acid groups (broad SMARTS) is 1. The van der Waals surface area contributed by atoms with Gasteiger partial charge in [0.1, 0.15) is 0 Å². The summed E-state index contributed by atoms with van der Waals surface area (Å²) in [4.78, 5) is 10.9. The molecule has 1 saturated carbocycles. The lowest BCUT2D eigenvalue weighted by Crippen LogP contribution is -2.16. The highest BCUT2D eigenvalue weighted by Gasteiger charge is 2.22. The lowest BCUT2D eigenvalue weighted by Gasteiger charge is -2.17. The Bertz CT molecular complexity index is 447. The van der Waals surface area contributed by atoms with Crippen molar-refractivity contribution in [2.45, 2.75) is 26.2 Å². The van der Waals surface area contributed by atoms with Crippen LogP contribution in [0.4, 0.5) is 5.69 Å². The molecule has 0 amide bonds. The second-order valence-corrected chi connectivity index (χ2v) is 5.90. The molecule has 0 radical (unpaired) electrons. The molecule has 2 atom stereocenters. The number of aromatic carboxylic acids is 1. The van der Waals surface area contributed by atoms with Crippen molar-refractivity contribution in [3.8, 4) is 0 Å². The van der Waals surface area contributed by atoms with Gasteiger partial charge in [0.05, 0.1) is 5.56 Å². The molecule has 0 aromatic heterocycles. The largest absolute Gasteiger partial charge is 0.478 e. The van der Waals surface area contributed by atoms with Gasteiger partial charge in [0.15, 0.2) is 0 Å². The minimum Gasteiger partial charge on any atom is -0.478 e. The van der Waals surface area contributed by atoms with Gasteiger partial charge in [-0.25, -0.2) is 4.79 Å². The van der Waals surface area contributed by atoms with Crippen LogP contribution in [-0.2, 0) is 0 Å². The Hall–Kier alpha value is -1.03. The predicted octanol–water partition coefficient (Wildman–Crippen LogP) is 4.00. The molecule has 4 heteroatoms. The van der Waals surface area contributed by atoms with E-state index in [9.17, 15) is 4.79 Å². The first-order chi connectivity index (χ1) is 8.58. The van der Waals surface area contributed by atoms with E-state index in [2.05, 4.69) is 28.2 Å². The highest BCUT2D eigenvalue weighted by atomic mass is 79.9. The van der Waals surface area contributed by atoms with E-state index in [-0.39, 0.29) is 0 Å². The van der Waals surface area contributed by atoms with Crippen LogP contribution >= 0.6 is 15.9 Å². The first-order valence-corrected chi connectivity index (χ1v) is 7.14. The molecule has 1 aliphatic carbocycles. The van der Waals surface area contributed by atoms with E-state index < -0.39 is 5.97 Å². The van der Waals surface area contributed by atoms with E-state index in [1.54, 1.807) is 6.07 Å². The Morgan fingerprint density at radius 2 is 2.28 bits per heavy atom. The molecule has 18 heavy (non-hydrogen) atoms. The van der Waals surface area contributed by atoms with E-state index in [0.29, 0.717) is 10.0 Å². The standard InChI is InChI=1S/C14H18BrNO2/c1-9-3-2-4-10(9)8-16-11-5-6-12(14(17)18)13(15)7-11/h5-7,9-10,16H,2-4,8H2,1H3,(H,17,18). The first-order valence-electron chi connectivity index (χ1n) is 6.34. The van der Waals surface area contributed by atoms with Crippen molar-refractivity contribution in [2.24, 2.45) is 11.8 Å². The Kier molecular flexibility index (Phi) is 4.27. The quantitative estimate of drug-likeness (QED) is 0.883. The number of nitrogens with one attached hydrogen (secondary N) is 1. The van der Waals surface area contributed by atoms with Crippen molar-refractivity contribution in [3.05, 3.63) is 28.2 Å². The van der Waals surface area contributed by atoms with Gasteiger partial charge in [-0.1, -0.05) is 19.8 Å². The number of carboxylic acids is 1. The molecule has 0 bridgehead atoms. The van der Waals surface area contributed by atoms with Crippen molar-refractivity contribution in [1.82, 2.24) is 0 Å². The summed E-state index contributed by atoms with van der Waals surface area (Å²) in [7, 11) is 0. The van der Waals surface area contributed by atoms with E-state index in [4.69, 9.17) is 5.11 Å². The fraction of sp³-hybridized carbons (Fsp3) is 0.500. The summed E-state index contributed by atoms with van der Waals surface area (Å²) in [6.45, 7) is 3.28. The Morgan fingerprint density at radius 3 is 2.83 bits per heavy atom. The lowest BCUT2D eigenvalue weighted by molar-refractivity contribution is 0.0696. The molecular formula is C14H18BrNO2. The topological polar surface area (TPSA) is 49.3 Å². The van der Waals surface area contributed by atoms with Gasteiger partial charge < -0.3 is 10.4 Å². The van der Waals surface area contributed by atoms with Gasteiger partial charge in [-0.3, -0.25) is 0 Å². The maximum absolute atomic E-state index is 10.9. The molecule has 0 spiro atoms. The van der Waals surface area contributed by atoms with Gasteiger partial charge in [-0.2, -0.15) is 0 Å². The molecule has 1 aliphatic rings. The van der Waals surface area contributed by atoms with Gasteiger partial charge in [-0.05, 0) is 52.4 Å². The summed E-state index contributed by atoms with van der Waals surface area (Å²) < 4.78 is 0.625. The van der Waals surface area contributed by atoms with Crippen molar-refractivity contribution < 1.29 is 9.90 Å². The van der Waals surface area contributed by atoms with Crippen molar-refractivity contribution >= 4 is 27.6 Å². The second kappa shape index (κ2) is 5.74. The molecule has 0 aliphatic heterocycles. The van der Waals surface area contributed by atoms with Crippen LogP contribution in [0.15, 0.2) is 22.7 Å². The Labute approximate surface area is 116 Å². The monoisotopic (exact) mass is 311 g/mol. The number of hydrogen-bond donors (Lipinski definition) is 2. The van der Waals surface area contributed by atoms with E-state index in [1.807, 2.05) is 12.1 Å². The van der Waals surface area contributed by atoms with Crippen LogP contribution in [0.1, 0.15) is 36.5 Å². The number of halogens is 1. The summed E-state index contributed by atoms with van der Waals surface area (Å²) in [5, 5.41) is 12.3. The van der Waals surface area contributed by atoms with Crippen LogP contribution in [0.25, 0.3) is 0 Å². The predicted molar refractivity (Wildman–Crippen MR) is 76.1 cm³/mol. The van der Waals surface area contributed by atoms with Crippen LogP contribution in [0.5, 0.6) is 0 Å². The maximum atomic E-state index is 10.9. The van der Waals surface area contributed by atoms with Crippen molar-refractivity contribution in [3.63, 3.8) is 0 Å². The third-order valence-electron chi connectivity index (χ3n) is 3.81. The molecule has 2 N–H and O–H groups in total. The van der Waals surface area contributed by atoms with Gasteiger partial charge in [0, 0.05) is 16.7 Å². The SMILES string of the molecule is CC1CCCC1CNc1ccc(C(=O)O)c(Br)c1. The van der Waals surface area contributed by atoms with E-state index in [1.165, 1.54) is 19.3 Å². The third kappa shape index (κ3) is 3.05. The molecule has 0 saturated heterocycles. The van der Waals surface area contributed by atoms with Gasteiger partial charge in [-0.15, -0.1) is 0 Å². The number of anilines is 1. The van der Waals surface area contributed by atoms with Crippen LogP contribution < -0.4 is 5.32 Å². The molecule has 1 aromatic carbocycles. The third-order valence-corrected chi connectivity index (χ3v) is 4.46. The van der Waals surface area contributed by atoms with Gasteiger partial charge >= 0.3 is 5.97 Å². The number of rotatable bonds is 4. The zero-order valence-electron chi connectivity index (χ0n) is 10.4. The minimum atomic E-state index is -0.905. The van der Waals surface area contributed by atoms with Crippen LogP contribution in [0.2, 0.25) is 0 Å². The number of carbonyl (C=O) groups is 1. The Morgan fingerprint density at radius 1 is 1.50 bits per heavy atom. The van der Waals surface area contributed by atoms with E-state index >= 15 is 0 Å². The highest BCUT2D eigenvalue weighted by molar-refractivity contribution is 9.10. The zero-order valence-corrected chi connectivity index (χ0v) is 12.0. The summed E-state index contributed by atoms with van der Waals surface area (Å²) in [5.41, 5.74) is 1.28. The number of hydrogen-bond acceptors (Lipinski definition) is 2. The Balaban J connectivity index is 1.98. The molecule has 1 aromatic rings. The average Bonchev–Trinajstić information content (AvgIpc) is 2.72. The number of benzene rings is 1. The van der Waals surface area contributed by atoms with Crippen LogP contribution in [-0.4, -0.2) is 17.6 Å². The zero-order chi connectivity index (χ0) is 13.1. The average molecular weight is 312 g/mol. The van der Waals surface area contributed by atoms with Crippen molar-refractivity contribution in [1.29, 1.82) is 0 Å². The maximum Gasteiger partial charge on any atom is 0.336 e. The molecule has 98 valence electrons. The van der Waals surface area contributed by atoms with Gasteiger partial charge in [0.2, 0.25) is 0 Å². The minimum absolute atomic E-state index is 0.301. The fourth-order valence-electron chi connectivity index (χ4n) is 2.57. The summed E-state index contributed by atoms with van der Waals surface area (Å²) >= 11 is 3.29. The molecule has 2 rings (SSSR count). The lowest BCUT2D eigenvalue weighted by atomic mass is 9.98. The van der Waals surface area contributed by atoms with E-state index in [0.717, 1.165) is 24.1 Å². The molecule has 1 fully saturated rings. The summed E-state index contributed by atoms with van der Waals surface area (Å²) in [5.74, 6) is 0.625. The summed E-state index contributed by atoms with van der Waals surface area (Å²) in [6.07, 6.45) is 3.95. The molecule has 0 heterocycles. The molecule has 2 unspecified atom stereocenters. The van der Waals surface area contributed by atoms with Crippen LogP contribution in [0.3, 0.4) is 0 Å². The highest BCUT2D eigenvalue weighted by Crippen LogP contribution is 2.31. The fourth-order valence-corrected chi connectivity index (χ4v) is 3.12. The smallest absolute Gasteiger partial charge is 0.336 e. The molecular weight excluding hydrogens is 294 g/mol. The van der Waals surface area contributed by atoms with Crippen LogP contribution in [0, 0.1) is 11.8 Å². The second-order valence-electron chi connectivity index (χ2n) is 5.05. The molecule has 3 nitrogen and oxygen atoms in total. The summed E-state index contributed by atoms with van der Waals surface area (Å²) in [6, 6.07) is 5.30. The normalized spacial score (nSPS) is 23.0. The van der Waals surface area contributed by atoms with Crippen molar-refractivity contribution in [2.75, 3.05) is 11.9 Å².